The van der Waals surface area contributed by atoms with Crippen LogP contribution in [-0.2, 0) is 14.3 Å². The van der Waals surface area contributed by atoms with Gasteiger partial charge in [0.2, 0.25) is 0 Å². The predicted molar refractivity (Wildman–Crippen MR) is 102 cm³/mol. The van der Waals surface area contributed by atoms with Crippen molar-refractivity contribution in [1.29, 1.82) is 5.26 Å². The van der Waals surface area contributed by atoms with E-state index in [2.05, 4.69) is 20.8 Å². The minimum absolute atomic E-state index is 0.0635. The Hall–Kier alpha value is -2.33. The van der Waals surface area contributed by atoms with Gasteiger partial charge in [-0.05, 0) is 50.5 Å². The van der Waals surface area contributed by atoms with Gasteiger partial charge in [0.15, 0.2) is 5.57 Å². The Kier molecular flexibility index (Phi) is 5.85. The number of hydrogen-bond donors (Lipinski definition) is 0. The lowest BCUT2D eigenvalue weighted by Crippen LogP contribution is -2.45. The van der Waals surface area contributed by atoms with E-state index in [0.29, 0.717) is 17.7 Å². The maximum absolute atomic E-state index is 12.4. The summed E-state index contributed by atoms with van der Waals surface area (Å²) in [5.74, 6) is -1.12. The average molecular weight is 433 g/mol. The average Bonchev–Trinajstić information content (AvgIpc) is 2.67. The number of nitrogens with zero attached hydrogens (tertiary/aromatic N) is 2. The Bertz CT molecular complexity index is 806. The monoisotopic (exact) mass is 432 g/mol. The molecule has 1 fully saturated rings. The summed E-state index contributed by atoms with van der Waals surface area (Å²) in [6.45, 7) is 3.31. The minimum Gasteiger partial charge on any atom is -0.458 e. The van der Waals surface area contributed by atoms with E-state index in [9.17, 15) is 14.9 Å². The highest BCUT2D eigenvalue weighted by Gasteiger charge is 2.41. The molecule has 0 aliphatic carbocycles. The van der Waals surface area contributed by atoms with E-state index in [-0.39, 0.29) is 12.2 Å². The fraction of sp³-hybridized carbons (Fsp3) is 0.450. The normalized spacial score (nSPS) is 22.9. The van der Waals surface area contributed by atoms with Gasteiger partial charge in [0.1, 0.15) is 18.3 Å². The molecule has 0 N–H and O–H groups in total. The first-order valence-electron chi connectivity index (χ1n) is 8.96. The molecule has 2 aliphatic rings. The van der Waals surface area contributed by atoms with Gasteiger partial charge in [0.05, 0.1) is 5.56 Å². The van der Waals surface area contributed by atoms with Crippen molar-refractivity contribution in [2.45, 2.75) is 38.2 Å². The van der Waals surface area contributed by atoms with Crippen molar-refractivity contribution < 1.29 is 19.1 Å². The molecule has 1 aromatic carbocycles. The lowest BCUT2D eigenvalue weighted by Gasteiger charge is -2.39. The van der Waals surface area contributed by atoms with Gasteiger partial charge in [-0.1, -0.05) is 15.9 Å². The highest BCUT2D eigenvalue weighted by atomic mass is 79.9. The largest absolute Gasteiger partial charge is 0.458 e. The highest BCUT2D eigenvalue weighted by Crippen LogP contribution is 2.33. The van der Waals surface area contributed by atoms with Crippen LogP contribution in [-0.4, -0.2) is 42.1 Å². The van der Waals surface area contributed by atoms with Crippen LogP contribution >= 0.6 is 15.9 Å². The number of carbonyl (C=O) groups is 2. The lowest BCUT2D eigenvalue weighted by molar-refractivity contribution is -0.160. The first-order valence-corrected chi connectivity index (χ1v) is 9.75. The zero-order valence-corrected chi connectivity index (χ0v) is 16.8. The van der Waals surface area contributed by atoms with Crippen molar-refractivity contribution in [3.63, 3.8) is 0 Å². The molecule has 0 aromatic heterocycles. The van der Waals surface area contributed by atoms with Crippen molar-refractivity contribution >= 4 is 27.9 Å². The molecular formula is C20H21BrN2O4. The number of ether oxygens (including phenoxy) is 2. The number of cyclic esters (lactones) is 1. The Morgan fingerprint density at radius 2 is 1.96 bits per heavy atom. The number of benzene rings is 1. The summed E-state index contributed by atoms with van der Waals surface area (Å²) < 4.78 is 11.7. The van der Waals surface area contributed by atoms with E-state index < -0.39 is 17.5 Å². The van der Waals surface area contributed by atoms with E-state index in [1.165, 1.54) is 0 Å². The Labute approximate surface area is 166 Å². The molecule has 3 rings (SSSR count). The molecule has 2 heterocycles. The molecule has 0 bridgehead atoms. The summed E-state index contributed by atoms with van der Waals surface area (Å²) >= 11 is 3.32. The van der Waals surface area contributed by atoms with Crippen molar-refractivity contribution in [1.82, 2.24) is 4.90 Å². The maximum atomic E-state index is 12.4. The summed E-state index contributed by atoms with van der Waals surface area (Å²) in [4.78, 5) is 26.7. The van der Waals surface area contributed by atoms with Crippen molar-refractivity contribution in [2.75, 3.05) is 19.7 Å². The summed E-state index contributed by atoms with van der Waals surface area (Å²) in [7, 11) is 0. The number of carbonyl (C=O) groups excluding carboxylic acids is 2. The zero-order chi connectivity index (χ0) is 19.4. The number of halogens is 1. The molecule has 6 nitrogen and oxygen atoms in total. The van der Waals surface area contributed by atoms with E-state index >= 15 is 0 Å². The van der Waals surface area contributed by atoms with Gasteiger partial charge in [0, 0.05) is 29.7 Å². The van der Waals surface area contributed by atoms with Gasteiger partial charge >= 0.3 is 11.9 Å². The number of rotatable bonds is 4. The van der Waals surface area contributed by atoms with E-state index in [4.69, 9.17) is 9.47 Å². The van der Waals surface area contributed by atoms with E-state index in [1.54, 1.807) is 31.2 Å². The topological polar surface area (TPSA) is 79.6 Å². The fourth-order valence-electron chi connectivity index (χ4n) is 3.38. The van der Waals surface area contributed by atoms with Gasteiger partial charge in [-0.25, -0.2) is 9.59 Å². The van der Waals surface area contributed by atoms with Gasteiger partial charge < -0.3 is 14.4 Å². The number of likely N-dealkylation sites (tertiary alicyclic amines) is 1. The second-order valence-corrected chi connectivity index (χ2v) is 8.00. The van der Waals surface area contributed by atoms with Gasteiger partial charge in [0.25, 0.3) is 0 Å². The van der Waals surface area contributed by atoms with Gasteiger partial charge in [-0.3, -0.25) is 0 Å². The van der Waals surface area contributed by atoms with Gasteiger partial charge in [-0.15, -0.1) is 0 Å². The van der Waals surface area contributed by atoms with E-state index in [1.807, 2.05) is 6.07 Å². The molecule has 0 radical (unpaired) electrons. The van der Waals surface area contributed by atoms with Crippen LogP contribution < -0.4 is 0 Å². The standard InChI is InChI=1S/C20H21BrN2O4/c1-20(13-26-18(24)14-5-7-15(21)8-6-14)11-17(16(12-22)19(25)27-20)23-9-3-2-4-10-23/h5-8H,2-4,9-11,13H2,1H3. The quantitative estimate of drug-likeness (QED) is 0.676. The van der Waals surface area contributed by atoms with Crippen LogP contribution in [0, 0.1) is 11.3 Å². The molecule has 1 saturated heterocycles. The number of hydrogen-bond acceptors (Lipinski definition) is 6. The molecule has 142 valence electrons. The Morgan fingerprint density at radius 1 is 1.30 bits per heavy atom. The fourth-order valence-corrected chi connectivity index (χ4v) is 3.65. The van der Waals surface area contributed by atoms with Crippen LogP contribution in [0.3, 0.4) is 0 Å². The third-order valence-electron chi connectivity index (χ3n) is 4.81. The smallest absolute Gasteiger partial charge is 0.351 e. The first-order chi connectivity index (χ1) is 12.9. The van der Waals surface area contributed by atoms with Crippen molar-refractivity contribution in [2.24, 2.45) is 0 Å². The first kappa shape index (κ1) is 19.4. The molecule has 0 amide bonds. The number of piperidine rings is 1. The van der Waals surface area contributed by atoms with Crippen LogP contribution in [0.2, 0.25) is 0 Å². The minimum atomic E-state index is -0.991. The van der Waals surface area contributed by atoms with Crippen LogP contribution in [0.1, 0.15) is 43.0 Å². The number of esters is 2. The zero-order valence-electron chi connectivity index (χ0n) is 15.2. The second kappa shape index (κ2) is 8.13. The molecule has 27 heavy (non-hydrogen) atoms. The van der Waals surface area contributed by atoms with Crippen LogP contribution in [0.15, 0.2) is 40.0 Å². The molecule has 7 heteroatoms. The molecule has 0 spiro atoms. The van der Waals surface area contributed by atoms with Crippen LogP contribution in [0.4, 0.5) is 0 Å². The van der Waals surface area contributed by atoms with Crippen LogP contribution in [0.25, 0.3) is 0 Å². The highest BCUT2D eigenvalue weighted by molar-refractivity contribution is 9.10. The molecule has 1 aromatic rings. The summed E-state index contributed by atoms with van der Waals surface area (Å²) in [6.07, 6.45) is 3.58. The van der Waals surface area contributed by atoms with E-state index in [0.717, 1.165) is 36.8 Å². The molecule has 1 atom stereocenters. The number of nitriles is 1. The Morgan fingerprint density at radius 3 is 2.59 bits per heavy atom. The second-order valence-electron chi connectivity index (χ2n) is 7.08. The Balaban J connectivity index is 1.72. The molecule has 0 saturated carbocycles. The third-order valence-corrected chi connectivity index (χ3v) is 5.34. The molecule has 2 aliphatic heterocycles. The summed E-state index contributed by atoms with van der Waals surface area (Å²) in [6, 6.07) is 8.83. The molecule has 1 unspecified atom stereocenters. The van der Waals surface area contributed by atoms with Crippen molar-refractivity contribution in [3.8, 4) is 6.07 Å². The third kappa shape index (κ3) is 4.51. The predicted octanol–water partition coefficient (Wildman–Crippen LogP) is 3.58. The molecular weight excluding hydrogens is 412 g/mol. The summed E-state index contributed by atoms with van der Waals surface area (Å²) in [5, 5.41) is 9.40. The lowest BCUT2D eigenvalue weighted by atomic mass is 9.93. The maximum Gasteiger partial charge on any atom is 0.351 e. The van der Waals surface area contributed by atoms with Crippen LogP contribution in [0.5, 0.6) is 0 Å². The van der Waals surface area contributed by atoms with Crippen molar-refractivity contribution in [3.05, 3.63) is 45.6 Å². The summed E-state index contributed by atoms with van der Waals surface area (Å²) in [5.41, 5.74) is 0.201. The van der Waals surface area contributed by atoms with Gasteiger partial charge in [-0.2, -0.15) is 5.26 Å². The SMILES string of the molecule is CC1(COC(=O)c2ccc(Br)cc2)CC(N2CCCCC2)=C(C#N)C(=O)O1.